The van der Waals surface area contributed by atoms with E-state index in [0.717, 1.165) is 26.7 Å². The SMILES string of the molecule is N#CCCN1C(=O)S/C(=C\c2ccc(Br)cc2)C1=O. The lowest BCUT2D eigenvalue weighted by molar-refractivity contribution is -0.122. The third kappa shape index (κ3) is 3.25. The molecular weight excluding hydrogens is 328 g/mol. The molecule has 0 aliphatic carbocycles. The highest BCUT2D eigenvalue weighted by atomic mass is 79.9. The molecule has 1 aliphatic heterocycles. The Morgan fingerprint density at radius 3 is 2.63 bits per heavy atom. The average Bonchev–Trinajstić information content (AvgIpc) is 2.65. The van der Waals surface area contributed by atoms with Gasteiger partial charge in [0.25, 0.3) is 11.1 Å². The molecule has 1 aliphatic rings. The highest BCUT2D eigenvalue weighted by Gasteiger charge is 2.34. The molecule has 6 heteroatoms. The lowest BCUT2D eigenvalue weighted by Gasteiger charge is -2.08. The Balaban J connectivity index is 2.18. The van der Waals surface area contributed by atoms with Gasteiger partial charge in [-0.3, -0.25) is 14.5 Å². The van der Waals surface area contributed by atoms with E-state index in [1.165, 1.54) is 0 Å². The van der Waals surface area contributed by atoms with Crippen molar-refractivity contribution in [3.05, 3.63) is 39.2 Å². The van der Waals surface area contributed by atoms with Crippen LogP contribution in [0, 0.1) is 11.3 Å². The molecular formula is C13H9BrN2O2S. The van der Waals surface area contributed by atoms with Crippen molar-refractivity contribution in [2.45, 2.75) is 6.42 Å². The summed E-state index contributed by atoms with van der Waals surface area (Å²) in [5, 5.41) is 8.18. The molecule has 2 amide bonds. The van der Waals surface area contributed by atoms with Gasteiger partial charge in [0.05, 0.1) is 17.4 Å². The van der Waals surface area contributed by atoms with Crippen molar-refractivity contribution in [3.8, 4) is 6.07 Å². The van der Waals surface area contributed by atoms with Crippen molar-refractivity contribution in [2.75, 3.05) is 6.54 Å². The first-order chi connectivity index (χ1) is 9.11. The van der Waals surface area contributed by atoms with E-state index >= 15 is 0 Å². The molecule has 0 radical (unpaired) electrons. The Morgan fingerprint density at radius 2 is 2.00 bits per heavy atom. The molecule has 1 aromatic rings. The zero-order valence-corrected chi connectivity index (χ0v) is 12.2. The zero-order valence-electron chi connectivity index (χ0n) is 9.80. The van der Waals surface area contributed by atoms with Crippen molar-refractivity contribution in [3.63, 3.8) is 0 Å². The molecule has 19 heavy (non-hydrogen) atoms. The van der Waals surface area contributed by atoms with Crippen LogP contribution in [0.4, 0.5) is 4.79 Å². The summed E-state index contributed by atoms with van der Waals surface area (Å²) in [6.07, 6.45) is 1.84. The normalized spacial score (nSPS) is 17.1. The molecule has 1 heterocycles. The molecule has 0 aromatic heterocycles. The summed E-state index contributed by atoms with van der Waals surface area (Å²) in [6, 6.07) is 9.37. The quantitative estimate of drug-likeness (QED) is 0.793. The first kappa shape index (κ1) is 13.8. The maximum atomic E-state index is 12.0. The molecule has 1 aromatic carbocycles. The fourth-order valence-corrected chi connectivity index (χ4v) is 2.69. The summed E-state index contributed by atoms with van der Waals surface area (Å²) in [5.41, 5.74) is 0.856. The number of rotatable bonds is 3. The van der Waals surface area contributed by atoms with Gasteiger partial charge in [0.15, 0.2) is 0 Å². The second-order valence-electron chi connectivity index (χ2n) is 3.79. The Morgan fingerprint density at radius 1 is 1.32 bits per heavy atom. The van der Waals surface area contributed by atoms with Crippen LogP contribution in [0.2, 0.25) is 0 Å². The summed E-state index contributed by atoms with van der Waals surface area (Å²) >= 11 is 4.24. The van der Waals surface area contributed by atoms with Gasteiger partial charge < -0.3 is 0 Å². The van der Waals surface area contributed by atoms with E-state index in [-0.39, 0.29) is 24.1 Å². The Labute approximate surface area is 123 Å². The zero-order chi connectivity index (χ0) is 13.8. The standard InChI is InChI=1S/C13H9BrN2O2S/c14-10-4-2-9(3-5-10)8-11-12(17)16(7-1-6-15)13(18)19-11/h2-5,8H,1,7H2/b11-8-. The van der Waals surface area contributed by atoms with Gasteiger partial charge in [-0.2, -0.15) is 5.26 Å². The van der Waals surface area contributed by atoms with E-state index in [0.29, 0.717) is 4.91 Å². The molecule has 0 unspecified atom stereocenters. The fraction of sp³-hybridized carbons (Fsp3) is 0.154. The Hall–Kier alpha value is -1.58. The van der Waals surface area contributed by atoms with E-state index in [4.69, 9.17) is 5.26 Å². The lowest BCUT2D eigenvalue weighted by atomic mass is 10.2. The van der Waals surface area contributed by atoms with Crippen LogP contribution in [0.25, 0.3) is 6.08 Å². The summed E-state index contributed by atoms with van der Waals surface area (Å²) in [5.74, 6) is -0.326. The Bertz CT molecular complexity index is 590. The highest BCUT2D eigenvalue weighted by Crippen LogP contribution is 2.32. The monoisotopic (exact) mass is 336 g/mol. The minimum absolute atomic E-state index is 0.152. The minimum atomic E-state index is -0.326. The number of nitriles is 1. The van der Waals surface area contributed by atoms with Crippen molar-refractivity contribution in [1.29, 1.82) is 5.26 Å². The van der Waals surface area contributed by atoms with Gasteiger partial charge >= 0.3 is 0 Å². The minimum Gasteiger partial charge on any atom is -0.268 e. The highest BCUT2D eigenvalue weighted by molar-refractivity contribution is 9.10. The molecule has 2 rings (SSSR count). The largest absolute Gasteiger partial charge is 0.293 e. The molecule has 0 spiro atoms. The van der Waals surface area contributed by atoms with Crippen molar-refractivity contribution >= 4 is 44.9 Å². The smallest absolute Gasteiger partial charge is 0.268 e. The predicted octanol–water partition coefficient (Wildman–Crippen LogP) is 3.40. The van der Waals surface area contributed by atoms with Gasteiger partial charge in [-0.15, -0.1) is 0 Å². The van der Waals surface area contributed by atoms with Crippen LogP contribution in [0.15, 0.2) is 33.6 Å². The first-order valence-corrected chi connectivity index (χ1v) is 7.10. The third-order valence-electron chi connectivity index (χ3n) is 2.49. The number of amides is 2. The second-order valence-corrected chi connectivity index (χ2v) is 5.70. The molecule has 0 saturated carbocycles. The van der Waals surface area contributed by atoms with E-state index in [2.05, 4.69) is 15.9 Å². The molecule has 96 valence electrons. The average molecular weight is 337 g/mol. The summed E-state index contributed by atoms with van der Waals surface area (Å²) < 4.78 is 0.951. The Kier molecular flexibility index (Phi) is 4.40. The van der Waals surface area contributed by atoms with Gasteiger partial charge in [-0.1, -0.05) is 28.1 Å². The summed E-state index contributed by atoms with van der Waals surface area (Å²) in [6.45, 7) is 0.152. The molecule has 0 bridgehead atoms. The number of hydrogen-bond donors (Lipinski definition) is 0. The number of nitrogens with zero attached hydrogens (tertiary/aromatic N) is 2. The number of hydrogen-bond acceptors (Lipinski definition) is 4. The fourth-order valence-electron chi connectivity index (χ4n) is 1.56. The second kappa shape index (κ2) is 6.04. The summed E-state index contributed by atoms with van der Waals surface area (Å²) in [7, 11) is 0. The van der Waals surface area contributed by atoms with E-state index in [9.17, 15) is 9.59 Å². The number of carbonyl (C=O) groups excluding carboxylic acids is 2. The van der Waals surface area contributed by atoms with Crippen molar-refractivity contribution in [1.82, 2.24) is 4.90 Å². The number of carbonyl (C=O) groups is 2. The van der Waals surface area contributed by atoms with Gasteiger partial charge in [0.1, 0.15) is 0 Å². The maximum Gasteiger partial charge on any atom is 0.293 e. The third-order valence-corrected chi connectivity index (χ3v) is 3.92. The first-order valence-electron chi connectivity index (χ1n) is 5.49. The molecule has 1 saturated heterocycles. The predicted molar refractivity (Wildman–Crippen MR) is 77.0 cm³/mol. The topological polar surface area (TPSA) is 61.2 Å². The van der Waals surface area contributed by atoms with Crippen molar-refractivity contribution < 1.29 is 9.59 Å². The number of thioether (sulfide) groups is 1. The number of imide groups is 1. The van der Waals surface area contributed by atoms with E-state index in [1.54, 1.807) is 6.08 Å². The molecule has 4 nitrogen and oxygen atoms in total. The van der Waals surface area contributed by atoms with Crippen molar-refractivity contribution in [2.24, 2.45) is 0 Å². The molecule has 0 N–H and O–H groups in total. The maximum absolute atomic E-state index is 12.0. The van der Waals surface area contributed by atoms with E-state index < -0.39 is 0 Å². The lowest BCUT2D eigenvalue weighted by Crippen LogP contribution is -2.28. The van der Waals surface area contributed by atoms with Crippen LogP contribution in [-0.4, -0.2) is 22.6 Å². The van der Waals surface area contributed by atoms with Crippen LogP contribution < -0.4 is 0 Å². The van der Waals surface area contributed by atoms with Gasteiger partial charge in [0.2, 0.25) is 0 Å². The summed E-state index contributed by atoms with van der Waals surface area (Å²) in [4.78, 5) is 25.1. The van der Waals surface area contributed by atoms with Crippen LogP contribution in [0.5, 0.6) is 0 Å². The van der Waals surface area contributed by atoms with Gasteiger partial charge in [-0.05, 0) is 35.5 Å². The van der Waals surface area contributed by atoms with Gasteiger partial charge in [0, 0.05) is 11.0 Å². The van der Waals surface area contributed by atoms with Gasteiger partial charge in [-0.25, -0.2) is 0 Å². The van der Waals surface area contributed by atoms with Crippen LogP contribution in [0.1, 0.15) is 12.0 Å². The van der Waals surface area contributed by atoms with E-state index in [1.807, 2.05) is 30.3 Å². The molecule has 1 fully saturated rings. The van der Waals surface area contributed by atoms with Crippen LogP contribution in [-0.2, 0) is 4.79 Å². The number of benzene rings is 1. The van der Waals surface area contributed by atoms with Crippen LogP contribution >= 0.6 is 27.7 Å². The van der Waals surface area contributed by atoms with Crippen LogP contribution in [0.3, 0.4) is 0 Å². The molecule has 0 atom stereocenters. The number of halogens is 1.